The number of thioether (sulfide) groups is 1. The molecule has 0 aromatic heterocycles. The average Bonchev–Trinajstić information content (AvgIpc) is 1.92. The van der Waals surface area contributed by atoms with Gasteiger partial charge in [-0.1, -0.05) is 0 Å². The highest BCUT2D eigenvalue weighted by Gasteiger charge is 2.36. The second-order valence-electron chi connectivity index (χ2n) is 2.75. The highest BCUT2D eigenvalue weighted by molar-refractivity contribution is 8.00. The number of hydrogen-bond acceptors (Lipinski definition) is 2. The first-order valence-electron chi connectivity index (χ1n) is 3.37. The fourth-order valence-electron chi connectivity index (χ4n) is 1.20. The van der Waals surface area contributed by atoms with Gasteiger partial charge in [0.25, 0.3) is 0 Å². The maximum Gasteiger partial charge on any atom is 0.230 e. The summed E-state index contributed by atoms with van der Waals surface area (Å²) >= 11 is 1.86. The molecule has 0 radical (unpaired) electrons. The molecule has 1 atom stereocenters. The predicted molar refractivity (Wildman–Crippen MR) is 41.5 cm³/mol. The van der Waals surface area contributed by atoms with Crippen molar-refractivity contribution in [2.75, 3.05) is 5.75 Å². The van der Waals surface area contributed by atoms with E-state index in [1.165, 1.54) is 5.57 Å². The van der Waals surface area contributed by atoms with Crippen LogP contribution < -0.4 is 0 Å². The molecule has 0 bridgehead atoms. The molecule has 2 nitrogen and oxygen atoms in total. The van der Waals surface area contributed by atoms with Crippen LogP contribution in [0.2, 0.25) is 0 Å². The zero-order valence-corrected chi connectivity index (χ0v) is 6.65. The van der Waals surface area contributed by atoms with Crippen molar-refractivity contribution in [2.24, 2.45) is 0 Å². The Labute approximate surface area is 64.3 Å². The van der Waals surface area contributed by atoms with Gasteiger partial charge in [0.1, 0.15) is 0 Å². The lowest BCUT2D eigenvalue weighted by molar-refractivity contribution is -0.137. The van der Waals surface area contributed by atoms with E-state index in [-0.39, 0.29) is 5.91 Å². The molecule has 0 spiro atoms. The molecule has 1 fully saturated rings. The fourth-order valence-corrected chi connectivity index (χ4v) is 2.33. The van der Waals surface area contributed by atoms with Gasteiger partial charge in [-0.2, -0.15) is 0 Å². The van der Waals surface area contributed by atoms with Crippen LogP contribution in [0.4, 0.5) is 0 Å². The van der Waals surface area contributed by atoms with Gasteiger partial charge in [-0.25, -0.2) is 0 Å². The van der Waals surface area contributed by atoms with E-state index >= 15 is 0 Å². The number of carbonyl (C=O) groups excluding carboxylic acids is 1. The van der Waals surface area contributed by atoms with Gasteiger partial charge in [-0.15, -0.1) is 11.8 Å². The van der Waals surface area contributed by atoms with E-state index in [2.05, 4.69) is 6.92 Å². The third-order valence-electron chi connectivity index (χ3n) is 1.81. The van der Waals surface area contributed by atoms with E-state index < -0.39 is 0 Å². The summed E-state index contributed by atoms with van der Waals surface area (Å²) in [6.07, 6.45) is 2.72. The van der Waals surface area contributed by atoms with Gasteiger partial charge in [0, 0.05) is 12.0 Å². The number of amides is 1. The standard InChI is InChI=1S/C7H9NOS/c1-5-3-8-6(9)2-7(8)10-4-5/h3,7H,2,4H2,1H3. The van der Waals surface area contributed by atoms with E-state index in [0.717, 1.165) is 12.2 Å². The predicted octanol–water partition coefficient (Wildman–Crippen LogP) is 1.20. The number of nitrogens with zero attached hydrogens (tertiary/aromatic N) is 1. The van der Waals surface area contributed by atoms with Gasteiger partial charge in [0.15, 0.2) is 0 Å². The second-order valence-corrected chi connectivity index (χ2v) is 3.91. The van der Waals surface area contributed by atoms with Crippen LogP contribution in [0.15, 0.2) is 11.8 Å². The van der Waals surface area contributed by atoms with Crippen molar-refractivity contribution in [2.45, 2.75) is 18.7 Å². The van der Waals surface area contributed by atoms with Crippen LogP contribution >= 0.6 is 11.8 Å². The number of hydrogen-bond donors (Lipinski definition) is 0. The smallest absolute Gasteiger partial charge is 0.230 e. The van der Waals surface area contributed by atoms with Gasteiger partial charge in [-0.05, 0) is 12.5 Å². The van der Waals surface area contributed by atoms with Crippen molar-refractivity contribution in [3.05, 3.63) is 11.8 Å². The normalized spacial score (nSPS) is 30.9. The summed E-state index contributed by atoms with van der Waals surface area (Å²) in [6.45, 7) is 2.06. The summed E-state index contributed by atoms with van der Waals surface area (Å²) < 4.78 is 0. The van der Waals surface area contributed by atoms with Crippen LogP contribution in [0.1, 0.15) is 13.3 Å². The van der Waals surface area contributed by atoms with Crippen molar-refractivity contribution in [1.29, 1.82) is 0 Å². The Morgan fingerprint density at radius 3 is 3.20 bits per heavy atom. The molecule has 0 aromatic carbocycles. The van der Waals surface area contributed by atoms with Gasteiger partial charge >= 0.3 is 0 Å². The molecule has 0 aromatic rings. The van der Waals surface area contributed by atoms with Crippen molar-refractivity contribution in [3.63, 3.8) is 0 Å². The first-order chi connectivity index (χ1) is 4.77. The summed E-state index contributed by atoms with van der Waals surface area (Å²) in [6, 6.07) is 0. The largest absolute Gasteiger partial charge is 0.306 e. The second kappa shape index (κ2) is 2.02. The molecular formula is C7H9NOS. The molecule has 1 saturated heterocycles. The zero-order valence-electron chi connectivity index (χ0n) is 5.83. The Hall–Kier alpha value is -0.440. The van der Waals surface area contributed by atoms with Gasteiger partial charge in [-0.3, -0.25) is 4.79 Å². The maximum absolute atomic E-state index is 10.9. The first kappa shape index (κ1) is 6.28. The number of carbonyl (C=O) groups is 1. The van der Waals surface area contributed by atoms with E-state index in [1.54, 1.807) is 0 Å². The molecule has 2 rings (SSSR count). The quantitative estimate of drug-likeness (QED) is 0.490. The lowest BCUT2D eigenvalue weighted by atomic mass is 10.2. The summed E-state index contributed by atoms with van der Waals surface area (Å²) in [5.41, 5.74) is 1.30. The third-order valence-corrected chi connectivity index (χ3v) is 3.21. The van der Waals surface area contributed by atoms with Crippen LogP contribution in [0.5, 0.6) is 0 Å². The number of fused-ring (bicyclic) bond motifs is 1. The topological polar surface area (TPSA) is 20.3 Å². The molecule has 2 aliphatic rings. The zero-order chi connectivity index (χ0) is 7.14. The minimum absolute atomic E-state index is 0.275. The Morgan fingerprint density at radius 1 is 1.80 bits per heavy atom. The van der Waals surface area contributed by atoms with Crippen molar-refractivity contribution in [3.8, 4) is 0 Å². The molecule has 3 heteroatoms. The van der Waals surface area contributed by atoms with Crippen molar-refractivity contribution in [1.82, 2.24) is 4.90 Å². The highest BCUT2D eigenvalue weighted by atomic mass is 32.2. The van der Waals surface area contributed by atoms with E-state index in [4.69, 9.17) is 0 Å². The third kappa shape index (κ3) is 0.770. The monoisotopic (exact) mass is 155 g/mol. The number of β-lactam (4-membered cyclic amide) rings is 1. The van der Waals surface area contributed by atoms with Gasteiger partial charge < -0.3 is 4.90 Å². The molecular weight excluding hydrogens is 146 g/mol. The van der Waals surface area contributed by atoms with E-state index in [9.17, 15) is 4.79 Å². The SMILES string of the molecule is CC1=CN2C(=O)CC2SC1. The molecule has 2 heterocycles. The van der Waals surface area contributed by atoms with Crippen LogP contribution in [-0.2, 0) is 4.79 Å². The highest BCUT2D eigenvalue weighted by Crippen LogP contribution is 2.34. The average molecular weight is 155 g/mol. The first-order valence-corrected chi connectivity index (χ1v) is 4.42. The van der Waals surface area contributed by atoms with Crippen LogP contribution in [0.3, 0.4) is 0 Å². The molecule has 1 amide bonds. The molecule has 10 heavy (non-hydrogen) atoms. The van der Waals surface area contributed by atoms with E-state index in [0.29, 0.717) is 5.37 Å². The Bertz CT molecular complexity index is 212. The van der Waals surface area contributed by atoms with Crippen LogP contribution in [0.25, 0.3) is 0 Å². The van der Waals surface area contributed by atoms with Gasteiger partial charge in [0.05, 0.1) is 11.8 Å². The van der Waals surface area contributed by atoms with E-state index in [1.807, 2.05) is 22.9 Å². The van der Waals surface area contributed by atoms with Crippen molar-refractivity contribution < 1.29 is 4.79 Å². The summed E-state index contributed by atoms with van der Waals surface area (Å²) in [4.78, 5) is 12.7. The number of rotatable bonds is 0. The Kier molecular flexibility index (Phi) is 1.27. The van der Waals surface area contributed by atoms with Gasteiger partial charge in [0.2, 0.25) is 5.91 Å². The van der Waals surface area contributed by atoms with Crippen molar-refractivity contribution >= 4 is 17.7 Å². The Balaban J connectivity index is 2.18. The molecule has 0 N–H and O–H groups in total. The summed E-state index contributed by atoms with van der Waals surface area (Å²) in [7, 11) is 0. The summed E-state index contributed by atoms with van der Waals surface area (Å²) in [5.74, 6) is 1.37. The van der Waals surface area contributed by atoms with Crippen LogP contribution in [0, 0.1) is 0 Å². The molecule has 2 aliphatic heterocycles. The lowest BCUT2D eigenvalue weighted by Gasteiger charge is -2.40. The fraction of sp³-hybridized carbons (Fsp3) is 0.571. The molecule has 1 unspecified atom stereocenters. The molecule has 0 saturated carbocycles. The molecule has 0 aliphatic carbocycles. The summed E-state index contributed by atoms with van der Waals surface area (Å²) in [5, 5.41) is 0.469. The lowest BCUT2D eigenvalue weighted by Crippen LogP contribution is -2.48. The Morgan fingerprint density at radius 2 is 2.60 bits per heavy atom. The van der Waals surface area contributed by atoms with Crippen LogP contribution in [-0.4, -0.2) is 21.9 Å². The minimum atomic E-state index is 0.275. The minimum Gasteiger partial charge on any atom is -0.306 e. The maximum atomic E-state index is 10.9. The molecule has 54 valence electrons.